The molecule has 0 saturated carbocycles. The van der Waals surface area contributed by atoms with Gasteiger partial charge in [0.25, 0.3) is 5.91 Å². The third-order valence-electron chi connectivity index (χ3n) is 3.00. The Hall–Kier alpha value is -1.50. The first-order valence-electron chi connectivity index (χ1n) is 5.84. The molecule has 0 unspecified atom stereocenters. The smallest absolute Gasteiger partial charge is 0.254 e. The van der Waals surface area contributed by atoms with Crippen molar-refractivity contribution in [3.05, 3.63) is 29.3 Å². The van der Waals surface area contributed by atoms with Crippen LogP contribution in [0.2, 0.25) is 0 Å². The van der Waals surface area contributed by atoms with E-state index in [1.54, 1.807) is 0 Å². The van der Waals surface area contributed by atoms with Crippen LogP contribution in [-0.2, 0) is 10.8 Å². The van der Waals surface area contributed by atoms with Crippen LogP contribution in [0.15, 0.2) is 12.1 Å². The average Bonchev–Trinajstić information content (AvgIpc) is 2.38. The van der Waals surface area contributed by atoms with Gasteiger partial charge in [-0.2, -0.15) is 0 Å². The van der Waals surface area contributed by atoms with Crippen LogP contribution in [0.4, 0.5) is 14.5 Å². The molecule has 0 aliphatic carbocycles. The van der Waals surface area contributed by atoms with E-state index in [9.17, 15) is 17.8 Å². The van der Waals surface area contributed by atoms with Gasteiger partial charge in [-0.1, -0.05) is 0 Å². The fraction of sp³-hybridized carbons (Fsp3) is 0.417. The molecule has 0 spiro atoms. The summed E-state index contributed by atoms with van der Waals surface area (Å²) in [5, 5.41) is 2.40. The molecule has 1 amide bonds. The first-order chi connectivity index (χ1) is 9.02. The Labute approximate surface area is 112 Å². The summed E-state index contributed by atoms with van der Waals surface area (Å²) in [6.07, 6.45) is 0. The van der Waals surface area contributed by atoms with Crippen molar-refractivity contribution in [2.24, 2.45) is 0 Å². The number of hydrogen-bond acceptors (Lipinski definition) is 3. The highest BCUT2D eigenvalue weighted by Gasteiger charge is 2.23. The fourth-order valence-electron chi connectivity index (χ4n) is 1.96. The third kappa shape index (κ3) is 2.91. The zero-order valence-electron chi connectivity index (χ0n) is 10.4. The maximum absolute atomic E-state index is 13.6. The Morgan fingerprint density at radius 1 is 1.26 bits per heavy atom. The second-order valence-corrected chi connectivity index (χ2v) is 5.90. The molecule has 1 aliphatic rings. The molecule has 1 aliphatic heterocycles. The number of nitrogens with one attached hydrogen (secondary N) is 1. The summed E-state index contributed by atoms with van der Waals surface area (Å²) in [6, 6.07) is 2.03. The molecular formula is C12H14F2N2O2S. The first-order valence-corrected chi connectivity index (χ1v) is 7.32. The van der Waals surface area contributed by atoms with Crippen LogP contribution in [-0.4, -0.2) is 46.7 Å². The highest BCUT2D eigenvalue weighted by Crippen LogP contribution is 2.21. The van der Waals surface area contributed by atoms with Gasteiger partial charge in [-0.3, -0.25) is 9.00 Å². The monoisotopic (exact) mass is 288 g/mol. The summed E-state index contributed by atoms with van der Waals surface area (Å²) in [7, 11) is 0.506. The van der Waals surface area contributed by atoms with Gasteiger partial charge >= 0.3 is 0 Å². The standard InChI is InChI=1S/C12H14F2N2O2S/c1-15-11-9(13)6-8(7-10(11)14)12(17)16-2-4-19(18)5-3-16/h6-7,15H,2-5H2,1H3. The Morgan fingerprint density at radius 3 is 2.26 bits per heavy atom. The number of benzene rings is 1. The van der Waals surface area contributed by atoms with Crippen LogP contribution in [0, 0.1) is 11.6 Å². The van der Waals surface area contributed by atoms with E-state index in [1.165, 1.54) is 11.9 Å². The lowest BCUT2D eigenvalue weighted by molar-refractivity contribution is 0.0770. The lowest BCUT2D eigenvalue weighted by Crippen LogP contribution is -2.41. The van der Waals surface area contributed by atoms with E-state index in [2.05, 4.69) is 5.32 Å². The predicted octanol–water partition coefficient (Wildman–Crippen LogP) is 1.21. The van der Waals surface area contributed by atoms with E-state index in [-0.39, 0.29) is 11.3 Å². The Morgan fingerprint density at radius 2 is 1.79 bits per heavy atom. The van der Waals surface area contributed by atoms with Gasteiger partial charge < -0.3 is 10.2 Å². The normalized spacial score (nSPS) is 16.5. The van der Waals surface area contributed by atoms with E-state index in [1.807, 2.05) is 0 Å². The second-order valence-electron chi connectivity index (χ2n) is 4.21. The number of anilines is 1. The zero-order valence-corrected chi connectivity index (χ0v) is 11.2. The van der Waals surface area contributed by atoms with Crippen molar-refractivity contribution in [1.82, 2.24) is 4.90 Å². The second kappa shape index (κ2) is 5.64. The minimum absolute atomic E-state index is 0.0262. The summed E-state index contributed by atoms with van der Waals surface area (Å²) in [6.45, 7) is 0.699. The van der Waals surface area contributed by atoms with Crippen LogP contribution < -0.4 is 5.32 Å². The van der Waals surface area contributed by atoms with Gasteiger partial charge in [0.05, 0.1) is 0 Å². The number of carbonyl (C=O) groups excluding carboxylic acids is 1. The molecule has 1 aromatic rings. The summed E-state index contributed by atoms with van der Waals surface area (Å²) in [5.41, 5.74) is -0.280. The largest absolute Gasteiger partial charge is 0.383 e. The van der Waals surface area contributed by atoms with E-state index in [4.69, 9.17) is 0 Å². The van der Waals surface area contributed by atoms with Crippen molar-refractivity contribution in [1.29, 1.82) is 0 Å². The van der Waals surface area contributed by atoms with Gasteiger partial charge in [0.2, 0.25) is 0 Å². The lowest BCUT2D eigenvalue weighted by Gasteiger charge is -2.26. The van der Waals surface area contributed by atoms with Crippen molar-refractivity contribution in [3.8, 4) is 0 Å². The van der Waals surface area contributed by atoms with Crippen molar-refractivity contribution in [2.75, 3.05) is 37.0 Å². The highest BCUT2D eigenvalue weighted by atomic mass is 32.2. The number of halogens is 2. The summed E-state index contributed by atoms with van der Waals surface area (Å²) in [4.78, 5) is 13.6. The molecule has 1 aromatic carbocycles. The van der Waals surface area contributed by atoms with Gasteiger partial charge in [0.15, 0.2) is 0 Å². The van der Waals surface area contributed by atoms with Gasteiger partial charge in [-0.05, 0) is 12.1 Å². The van der Waals surface area contributed by atoms with E-state index in [0.29, 0.717) is 24.6 Å². The zero-order chi connectivity index (χ0) is 14.0. The number of rotatable bonds is 2. The molecule has 7 heteroatoms. The minimum atomic E-state index is -0.900. The molecule has 0 aromatic heterocycles. The number of hydrogen-bond donors (Lipinski definition) is 1. The molecular weight excluding hydrogens is 274 g/mol. The molecule has 0 atom stereocenters. The van der Waals surface area contributed by atoms with Gasteiger partial charge in [0.1, 0.15) is 17.3 Å². The molecule has 104 valence electrons. The SMILES string of the molecule is CNc1c(F)cc(C(=O)N2CCS(=O)CC2)cc1F. The molecule has 1 saturated heterocycles. The van der Waals surface area contributed by atoms with Crippen LogP contribution in [0.1, 0.15) is 10.4 Å². The van der Waals surface area contributed by atoms with Crippen molar-refractivity contribution < 1.29 is 17.8 Å². The van der Waals surface area contributed by atoms with Crippen molar-refractivity contribution in [2.45, 2.75) is 0 Å². The maximum atomic E-state index is 13.6. The van der Waals surface area contributed by atoms with Crippen LogP contribution in [0.25, 0.3) is 0 Å². The Bertz CT molecular complexity index is 503. The van der Waals surface area contributed by atoms with Crippen molar-refractivity contribution in [3.63, 3.8) is 0 Å². The first kappa shape index (κ1) is 13.9. The maximum Gasteiger partial charge on any atom is 0.254 e. The summed E-state index contributed by atoms with van der Waals surface area (Å²) >= 11 is 0. The van der Waals surface area contributed by atoms with E-state index < -0.39 is 28.3 Å². The fourth-order valence-corrected chi connectivity index (χ4v) is 3.01. The number of nitrogens with zero attached hydrogens (tertiary/aromatic N) is 1. The van der Waals surface area contributed by atoms with Crippen LogP contribution in [0.3, 0.4) is 0 Å². The van der Waals surface area contributed by atoms with Gasteiger partial charge in [-0.25, -0.2) is 8.78 Å². The van der Waals surface area contributed by atoms with Crippen molar-refractivity contribution >= 4 is 22.4 Å². The van der Waals surface area contributed by atoms with E-state index >= 15 is 0 Å². The molecule has 19 heavy (non-hydrogen) atoms. The molecule has 1 fully saturated rings. The topological polar surface area (TPSA) is 49.4 Å². The molecule has 0 radical (unpaired) electrons. The Balaban J connectivity index is 2.22. The average molecular weight is 288 g/mol. The van der Waals surface area contributed by atoms with Gasteiger partial charge in [-0.15, -0.1) is 0 Å². The highest BCUT2D eigenvalue weighted by molar-refractivity contribution is 7.85. The van der Waals surface area contributed by atoms with Gasteiger partial charge in [0, 0.05) is 48.0 Å². The van der Waals surface area contributed by atoms with Crippen LogP contribution >= 0.6 is 0 Å². The number of amides is 1. The summed E-state index contributed by atoms with van der Waals surface area (Å²) < 4.78 is 38.4. The quantitative estimate of drug-likeness (QED) is 0.890. The lowest BCUT2D eigenvalue weighted by atomic mass is 10.1. The van der Waals surface area contributed by atoms with Crippen LogP contribution in [0.5, 0.6) is 0 Å². The molecule has 2 rings (SSSR count). The summed E-state index contributed by atoms with van der Waals surface area (Å²) in [5.74, 6) is -1.22. The molecule has 1 N–H and O–H groups in total. The van der Waals surface area contributed by atoms with E-state index in [0.717, 1.165) is 12.1 Å². The number of carbonyl (C=O) groups is 1. The molecule has 4 nitrogen and oxygen atoms in total. The molecule has 0 bridgehead atoms. The molecule has 1 heterocycles. The Kier molecular flexibility index (Phi) is 4.14. The minimum Gasteiger partial charge on any atom is -0.383 e. The predicted molar refractivity (Wildman–Crippen MR) is 69.7 cm³/mol. The third-order valence-corrected chi connectivity index (χ3v) is 4.28.